The highest BCUT2D eigenvalue weighted by atomic mass is 16.5. The molecule has 192 valence electrons. The normalized spacial score (nSPS) is 18.1. The Morgan fingerprint density at radius 2 is 1.92 bits per heavy atom. The fraction of sp³-hybridized carbons (Fsp3) is 0.370. The molecule has 5 rings (SSSR count). The molecule has 4 heterocycles. The molecular weight excluding hydrogens is 472 g/mol. The molecule has 3 N–H and O–H groups in total. The predicted octanol–water partition coefficient (Wildman–Crippen LogP) is 1.44. The average molecular weight is 503 g/mol. The van der Waals surface area contributed by atoms with Gasteiger partial charge in [-0.1, -0.05) is 17.9 Å². The van der Waals surface area contributed by atoms with Crippen LogP contribution in [-0.2, 0) is 4.79 Å². The zero-order valence-electron chi connectivity index (χ0n) is 20.9. The quantitative estimate of drug-likeness (QED) is 0.384. The van der Waals surface area contributed by atoms with Crippen molar-refractivity contribution in [3.8, 4) is 23.3 Å². The van der Waals surface area contributed by atoms with E-state index in [1.54, 1.807) is 31.3 Å². The second kappa shape index (κ2) is 10.5. The van der Waals surface area contributed by atoms with Crippen LogP contribution in [0.2, 0.25) is 0 Å². The van der Waals surface area contributed by atoms with Crippen molar-refractivity contribution in [1.82, 2.24) is 24.3 Å². The number of methoxy groups -OCH3 is 2. The molecule has 1 aromatic carbocycles. The van der Waals surface area contributed by atoms with Crippen molar-refractivity contribution in [3.63, 3.8) is 0 Å². The molecule has 1 amide bonds. The first kappa shape index (κ1) is 24.6. The maximum Gasteiger partial charge on any atom is 0.246 e. The molecule has 0 unspecified atom stereocenters. The number of aliphatic hydroxyl groups is 1. The van der Waals surface area contributed by atoms with Crippen LogP contribution in [-0.4, -0.2) is 88.4 Å². The lowest BCUT2D eigenvalue weighted by molar-refractivity contribution is -0.131. The van der Waals surface area contributed by atoms with Gasteiger partial charge in [-0.2, -0.15) is 0 Å². The number of likely N-dealkylation sites (tertiary alicyclic amines) is 2. The second-order valence-electron chi connectivity index (χ2n) is 9.26. The number of benzene rings is 1. The molecule has 0 spiro atoms. The van der Waals surface area contributed by atoms with Crippen LogP contribution in [0.5, 0.6) is 11.5 Å². The average Bonchev–Trinajstić information content (AvgIpc) is 3.45. The van der Waals surface area contributed by atoms with Crippen LogP contribution in [0.25, 0.3) is 11.0 Å². The third-order valence-corrected chi connectivity index (χ3v) is 6.77. The Morgan fingerprint density at radius 3 is 2.59 bits per heavy atom. The van der Waals surface area contributed by atoms with Gasteiger partial charge in [0.1, 0.15) is 29.3 Å². The third kappa shape index (κ3) is 5.23. The summed E-state index contributed by atoms with van der Waals surface area (Å²) in [5, 5.41) is 10.3. The van der Waals surface area contributed by atoms with Gasteiger partial charge in [-0.05, 0) is 18.6 Å². The number of amides is 1. The van der Waals surface area contributed by atoms with Gasteiger partial charge in [0.05, 0.1) is 37.3 Å². The van der Waals surface area contributed by atoms with Gasteiger partial charge in [0.15, 0.2) is 0 Å². The predicted molar refractivity (Wildman–Crippen MR) is 139 cm³/mol. The number of nitrogen functional groups attached to an aromatic ring is 1. The minimum Gasteiger partial charge on any atom is -0.497 e. The maximum absolute atomic E-state index is 12.6. The van der Waals surface area contributed by atoms with Crippen LogP contribution in [0.15, 0.2) is 42.9 Å². The minimum absolute atomic E-state index is 0.0198. The van der Waals surface area contributed by atoms with E-state index in [0.717, 1.165) is 18.5 Å². The molecule has 37 heavy (non-hydrogen) atoms. The van der Waals surface area contributed by atoms with Crippen LogP contribution >= 0.6 is 0 Å². The van der Waals surface area contributed by atoms with Gasteiger partial charge in [0, 0.05) is 56.6 Å². The number of ether oxygens (including phenoxy) is 2. The number of rotatable bonds is 6. The maximum atomic E-state index is 12.6. The number of nitrogens with two attached hydrogens (primary N) is 1. The van der Waals surface area contributed by atoms with Crippen molar-refractivity contribution in [2.45, 2.75) is 18.6 Å². The minimum atomic E-state index is -0.262. The summed E-state index contributed by atoms with van der Waals surface area (Å²) in [4.78, 5) is 25.2. The molecule has 2 aromatic heterocycles. The zero-order chi connectivity index (χ0) is 25.9. The number of carbonyl (C=O) groups is 1. The van der Waals surface area contributed by atoms with E-state index in [4.69, 9.17) is 15.2 Å². The monoisotopic (exact) mass is 502 g/mol. The number of hydrogen-bond acceptors (Lipinski definition) is 8. The molecular formula is C27H30N6O4. The first-order valence-electron chi connectivity index (χ1n) is 12.2. The van der Waals surface area contributed by atoms with E-state index in [2.05, 4.69) is 26.7 Å². The van der Waals surface area contributed by atoms with Crippen molar-refractivity contribution in [1.29, 1.82) is 0 Å². The van der Waals surface area contributed by atoms with Crippen LogP contribution in [0.3, 0.4) is 0 Å². The van der Waals surface area contributed by atoms with E-state index in [-0.39, 0.29) is 18.1 Å². The number of aromatic nitrogens is 3. The third-order valence-electron chi connectivity index (χ3n) is 6.77. The highest BCUT2D eigenvalue weighted by Crippen LogP contribution is 2.31. The first-order valence-corrected chi connectivity index (χ1v) is 12.2. The van der Waals surface area contributed by atoms with Crippen molar-refractivity contribution in [3.05, 3.63) is 54.0 Å². The Bertz CT molecular complexity index is 1380. The molecule has 10 heteroatoms. The van der Waals surface area contributed by atoms with Gasteiger partial charge in [-0.25, -0.2) is 9.97 Å². The molecule has 2 aliphatic heterocycles. The molecule has 10 nitrogen and oxygen atoms in total. The highest BCUT2D eigenvalue weighted by molar-refractivity contribution is 5.93. The number of aliphatic hydroxyl groups excluding tert-OH is 1. The van der Waals surface area contributed by atoms with E-state index in [9.17, 15) is 9.90 Å². The molecule has 2 fully saturated rings. The topological polar surface area (TPSA) is 119 Å². The molecule has 0 saturated carbocycles. The standard InChI is InChI=1S/C27H30N6O4/c1-36-22-10-18(11-23(12-22)37-2)5-6-19-13-33(27-25(19)26(28)29-17-30-27)20-14-32(15-20)24(35)4-3-8-31-9-7-21(34)16-31/h3-4,10-13,17,20-21,34H,7-9,14-16H2,1-2H3,(H2,28,29,30)/t21-/m1/s1. The molecule has 0 radical (unpaired) electrons. The zero-order valence-corrected chi connectivity index (χ0v) is 20.9. The molecule has 1 atom stereocenters. The van der Waals surface area contributed by atoms with Crippen molar-refractivity contribution < 1.29 is 19.4 Å². The summed E-state index contributed by atoms with van der Waals surface area (Å²) in [5.41, 5.74) is 8.36. The lowest BCUT2D eigenvalue weighted by atomic mass is 10.1. The van der Waals surface area contributed by atoms with Gasteiger partial charge >= 0.3 is 0 Å². The van der Waals surface area contributed by atoms with Crippen molar-refractivity contribution in [2.24, 2.45) is 0 Å². The second-order valence-corrected chi connectivity index (χ2v) is 9.26. The fourth-order valence-corrected chi connectivity index (χ4v) is 4.70. The van der Waals surface area contributed by atoms with Crippen LogP contribution in [0.1, 0.15) is 23.6 Å². The summed E-state index contributed by atoms with van der Waals surface area (Å²) < 4.78 is 12.7. The van der Waals surface area contributed by atoms with Crippen molar-refractivity contribution in [2.75, 3.05) is 52.7 Å². The lowest BCUT2D eigenvalue weighted by Crippen LogP contribution is -2.50. The molecule has 2 aliphatic rings. The van der Waals surface area contributed by atoms with Gasteiger partial charge in [0.2, 0.25) is 5.91 Å². The summed E-state index contributed by atoms with van der Waals surface area (Å²) in [6, 6.07) is 5.53. The summed E-state index contributed by atoms with van der Waals surface area (Å²) >= 11 is 0. The van der Waals surface area contributed by atoms with Gasteiger partial charge in [-0.3, -0.25) is 9.69 Å². The van der Waals surface area contributed by atoms with E-state index >= 15 is 0 Å². The Kier molecular flexibility index (Phi) is 6.99. The Labute approximate surface area is 215 Å². The Morgan fingerprint density at radius 1 is 1.16 bits per heavy atom. The SMILES string of the molecule is COc1cc(C#Cc2cn(C3CN(C(=O)C=CCN4CC[C@@H](O)C4)C3)c3ncnc(N)c23)cc(OC)c1. The van der Waals surface area contributed by atoms with Gasteiger partial charge in [0.25, 0.3) is 0 Å². The summed E-state index contributed by atoms with van der Waals surface area (Å²) in [5.74, 6) is 8.02. The van der Waals surface area contributed by atoms with E-state index in [1.165, 1.54) is 6.33 Å². The molecule has 0 bridgehead atoms. The number of fused-ring (bicyclic) bond motifs is 1. The lowest BCUT2D eigenvalue weighted by Gasteiger charge is -2.39. The van der Waals surface area contributed by atoms with E-state index in [1.807, 2.05) is 29.0 Å². The van der Waals surface area contributed by atoms with E-state index in [0.29, 0.717) is 60.1 Å². The van der Waals surface area contributed by atoms with Gasteiger partial charge < -0.3 is 29.8 Å². The van der Waals surface area contributed by atoms with Crippen LogP contribution < -0.4 is 15.2 Å². The smallest absolute Gasteiger partial charge is 0.246 e. The highest BCUT2D eigenvalue weighted by Gasteiger charge is 2.32. The molecule has 2 saturated heterocycles. The number of carbonyl (C=O) groups excluding carboxylic acids is 1. The number of β-amino-alcohol motifs (C(OH)–C–C–N with tert-alkyl or cyclic N) is 1. The number of anilines is 1. The largest absolute Gasteiger partial charge is 0.497 e. The van der Waals surface area contributed by atoms with Crippen LogP contribution in [0.4, 0.5) is 5.82 Å². The first-order chi connectivity index (χ1) is 17.9. The van der Waals surface area contributed by atoms with Crippen LogP contribution in [0, 0.1) is 11.8 Å². The van der Waals surface area contributed by atoms with Crippen molar-refractivity contribution >= 4 is 22.8 Å². The molecule has 3 aromatic rings. The Hall–Kier alpha value is -4.07. The molecule has 0 aliphatic carbocycles. The summed E-state index contributed by atoms with van der Waals surface area (Å²) in [6.07, 6.45) is 7.39. The van der Waals surface area contributed by atoms with E-state index < -0.39 is 0 Å². The Balaban J connectivity index is 1.32. The number of hydrogen-bond donors (Lipinski definition) is 2. The summed E-state index contributed by atoms with van der Waals surface area (Å²) in [7, 11) is 3.19. The van der Waals surface area contributed by atoms with Gasteiger partial charge in [-0.15, -0.1) is 0 Å². The summed E-state index contributed by atoms with van der Waals surface area (Å²) in [6.45, 7) is 3.32. The number of nitrogens with zero attached hydrogens (tertiary/aromatic N) is 5. The fourth-order valence-electron chi connectivity index (χ4n) is 4.70.